The van der Waals surface area contributed by atoms with E-state index >= 15 is 0 Å². The number of esters is 2. The first-order valence-electron chi connectivity index (χ1n) is 6.05. The van der Waals surface area contributed by atoms with E-state index in [1.165, 1.54) is 12.3 Å². The molecule has 1 aromatic rings. The van der Waals surface area contributed by atoms with Crippen LogP contribution in [0.25, 0.3) is 0 Å². The maximum atomic E-state index is 11.7. The highest BCUT2D eigenvalue weighted by molar-refractivity contribution is 6.14. The standard InChI is InChI=1S/C13H16N2O5/c1-3-19-12(17)9(13(18)20-4-2)8-15-10-6-5-7-14-11(10)16/h5-8,15H,3-4H2,1-2H3,(H,14,16). The van der Waals surface area contributed by atoms with Gasteiger partial charge in [-0.3, -0.25) is 0 Å². The lowest BCUT2D eigenvalue weighted by Gasteiger charge is -2.08. The zero-order valence-electron chi connectivity index (χ0n) is 11.3. The smallest absolute Gasteiger partial charge is 0.347 e. The number of hydrogen-bond acceptors (Lipinski definition) is 7. The van der Waals surface area contributed by atoms with Crippen LogP contribution in [0.15, 0.2) is 30.1 Å². The first-order chi connectivity index (χ1) is 9.60. The van der Waals surface area contributed by atoms with Gasteiger partial charge in [0.25, 0.3) is 0 Å². The molecule has 0 aromatic carbocycles. The molecule has 0 atom stereocenters. The lowest BCUT2D eigenvalue weighted by molar-refractivity contribution is -0.146. The van der Waals surface area contributed by atoms with Crippen LogP contribution in [0.2, 0.25) is 0 Å². The number of carbonyl (C=O) groups is 2. The van der Waals surface area contributed by atoms with Crippen molar-refractivity contribution in [2.75, 3.05) is 18.5 Å². The van der Waals surface area contributed by atoms with Crippen molar-refractivity contribution in [3.8, 4) is 5.88 Å². The third-order valence-electron chi connectivity index (χ3n) is 2.15. The van der Waals surface area contributed by atoms with E-state index in [4.69, 9.17) is 9.47 Å². The maximum absolute atomic E-state index is 11.7. The first-order valence-corrected chi connectivity index (χ1v) is 6.05. The lowest BCUT2D eigenvalue weighted by atomic mass is 10.3. The van der Waals surface area contributed by atoms with Crippen LogP contribution in [0.1, 0.15) is 13.8 Å². The summed E-state index contributed by atoms with van der Waals surface area (Å²) in [6, 6.07) is 3.12. The second kappa shape index (κ2) is 7.78. The summed E-state index contributed by atoms with van der Waals surface area (Å²) in [7, 11) is 0. The molecule has 0 saturated heterocycles. The van der Waals surface area contributed by atoms with Crippen LogP contribution in [0.5, 0.6) is 5.88 Å². The second-order valence-corrected chi connectivity index (χ2v) is 3.52. The van der Waals surface area contributed by atoms with Crippen LogP contribution in [0.4, 0.5) is 5.69 Å². The van der Waals surface area contributed by atoms with Crippen molar-refractivity contribution in [2.24, 2.45) is 0 Å². The Hall–Kier alpha value is -2.57. The van der Waals surface area contributed by atoms with Crippen LogP contribution in [-0.4, -0.2) is 35.2 Å². The quantitative estimate of drug-likeness (QED) is 0.350. The fourth-order valence-electron chi connectivity index (χ4n) is 1.28. The molecule has 1 rings (SSSR count). The third kappa shape index (κ3) is 4.27. The summed E-state index contributed by atoms with van der Waals surface area (Å²) in [5, 5.41) is 12.1. The molecule has 0 aliphatic heterocycles. The van der Waals surface area contributed by atoms with E-state index < -0.39 is 11.9 Å². The van der Waals surface area contributed by atoms with Crippen LogP contribution in [0.3, 0.4) is 0 Å². The Morgan fingerprint density at radius 1 is 1.30 bits per heavy atom. The van der Waals surface area contributed by atoms with E-state index in [2.05, 4.69) is 10.3 Å². The average Bonchev–Trinajstić information content (AvgIpc) is 2.41. The largest absolute Gasteiger partial charge is 0.492 e. The van der Waals surface area contributed by atoms with Gasteiger partial charge in [0.15, 0.2) is 5.57 Å². The molecule has 7 heteroatoms. The van der Waals surface area contributed by atoms with Gasteiger partial charge in [-0.25, -0.2) is 14.6 Å². The van der Waals surface area contributed by atoms with Crippen LogP contribution in [-0.2, 0) is 19.1 Å². The predicted molar refractivity (Wildman–Crippen MR) is 70.9 cm³/mol. The number of aromatic hydroxyl groups is 1. The van der Waals surface area contributed by atoms with Crippen LogP contribution in [0, 0.1) is 0 Å². The Balaban J connectivity index is 2.92. The Bertz CT molecular complexity index is 493. The SMILES string of the molecule is CCOC(=O)C(=CNc1cccnc1O)C(=O)OCC. The number of carbonyl (C=O) groups excluding carboxylic acids is 2. The van der Waals surface area contributed by atoms with E-state index in [0.29, 0.717) is 0 Å². The molecule has 0 amide bonds. The van der Waals surface area contributed by atoms with Crippen molar-refractivity contribution in [1.82, 2.24) is 4.98 Å². The van der Waals surface area contributed by atoms with Gasteiger partial charge in [0.1, 0.15) is 5.69 Å². The molecular weight excluding hydrogens is 264 g/mol. The fraction of sp³-hybridized carbons (Fsp3) is 0.308. The van der Waals surface area contributed by atoms with E-state index in [0.717, 1.165) is 6.20 Å². The van der Waals surface area contributed by atoms with Gasteiger partial charge >= 0.3 is 11.9 Å². The van der Waals surface area contributed by atoms with Crippen molar-refractivity contribution < 1.29 is 24.2 Å². The van der Waals surface area contributed by atoms with Gasteiger partial charge in [-0.1, -0.05) is 0 Å². The highest BCUT2D eigenvalue weighted by atomic mass is 16.6. The third-order valence-corrected chi connectivity index (χ3v) is 2.15. The van der Waals surface area contributed by atoms with E-state index in [-0.39, 0.29) is 30.4 Å². The molecule has 7 nitrogen and oxygen atoms in total. The fourth-order valence-corrected chi connectivity index (χ4v) is 1.28. The van der Waals surface area contributed by atoms with Gasteiger partial charge < -0.3 is 19.9 Å². The van der Waals surface area contributed by atoms with Gasteiger partial charge in [0.05, 0.1) is 13.2 Å². The molecule has 108 valence electrons. The number of pyridine rings is 1. The molecule has 0 radical (unpaired) electrons. The van der Waals surface area contributed by atoms with Crippen molar-refractivity contribution in [2.45, 2.75) is 13.8 Å². The number of hydrogen-bond donors (Lipinski definition) is 2. The summed E-state index contributed by atoms with van der Waals surface area (Å²) in [6.07, 6.45) is 2.52. The minimum Gasteiger partial charge on any atom is -0.492 e. The summed E-state index contributed by atoms with van der Waals surface area (Å²) >= 11 is 0. The summed E-state index contributed by atoms with van der Waals surface area (Å²) < 4.78 is 9.53. The van der Waals surface area contributed by atoms with Crippen molar-refractivity contribution >= 4 is 17.6 Å². The molecule has 0 fully saturated rings. The number of nitrogens with zero attached hydrogens (tertiary/aromatic N) is 1. The molecule has 0 spiro atoms. The van der Waals surface area contributed by atoms with Gasteiger partial charge in [-0.2, -0.15) is 0 Å². The summed E-state index contributed by atoms with van der Waals surface area (Å²) in [5.41, 5.74) is -0.0458. The Kier molecular flexibility index (Phi) is 6.02. The normalized spacial score (nSPS) is 9.50. The molecule has 0 saturated carbocycles. The van der Waals surface area contributed by atoms with Crippen molar-refractivity contribution in [3.63, 3.8) is 0 Å². The summed E-state index contributed by atoms with van der Waals surface area (Å²) in [5.74, 6) is -1.86. The van der Waals surface area contributed by atoms with Crippen molar-refractivity contribution in [1.29, 1.82) is 0 Å². The van der Waals surface area contributed by atoms with Gasteiger partial charge in [0.2, 0.25) is 5.88 Å². The Morgan fingerprint density at radius 3 is 2.40 bits per heavy atom. The number of anilines is 1. The summed E-state index contributed by atoms with van der Waals surface area (Å²) in [6.45, 7) is 3.52. The average molecular weight is 280 g/mol. The Morgan fingerprint density at radius 2 is 1.90 bits per heavy atom. The van der Waals surface area contributed by atoms with Crippen LogP contribution < -0.4 is 5.32 Å². The number of ether oxygens (including phenoxy) is 2. The molecule has 0 aliphatic rings. The molecule has 2 N–H and O–H groups in total. The predicted octanol–water partition coefficient (Wildman–Crippen LogP) is 1.21. The van der Waals surface area contributed by atoms with E-state index in [1.54, 1.807) is 19.9 Å². The highest BCUT2D eigenvalue weighted by Gasteiger charge is 2.21. The second-order valence-electron chi connectivity index (χ2n) is 3.52. The van der Waals surface area contributed by atoms with Crippen LogP contribution >= 0.6 is 0 Å². The van der Waals surface area contributed by atoms with E-state index in [1.807, 2.05) is 0 Å². The first kappa shape index (κ1) is 15.5. The molecule has 0 aliphatic carbocycles. The van der Waals surface area contributed by atoms with Gasteiger partial charge in [-0.05, 0) is 26.0 Å². The number of nitrogens with one attached hydrogen (secondary N) is 1. The Labute approximate surface area is 116 Å². The number of rotatable bonds is 6. The molecular formula is C13H16N2O5. The summed E-state index contributed by atoms with van der Waals surface area (Å²) in [4.78, 5) is 27.0. The molecule has 0 bridgehead atoms. The maximum Gasteiger partial charge on any atom is 0.347 e. The molecule has 20 heavy (non-hydrogen) atoms. The molecule has 1 heterocycles. The monoisotopic (exact) mass is 280 g/mol. The zero-order chi connectivity index (χ0) is 15.0. The van der Waals surface area contributed by atoms with Gasteiger partial charge in [0, 0.05) is 12.4 Å². The van der Waals surface area contributed by atoms with Crippen molar-refractivity contribution in [3.05, 3.63) is 30.1 Å². The lowest BCUT2D eigenvalue weighted by Crippen LogP contribution is -2.19. The molecule has 0 unspecified atom stereocenters. The zero-order valence-corrected chi connectivity index (χ0v) is 11.3. The van der Waals surface area contributed by atoms with E-state index in [9.17, 15) is 14.7 Å². The minimum absolute atomic E-state index is 0.133. The minimum atomic E-state index is -0.804. The van der Waals surface area contributed by atoms with Gasteiger partial charge in [-0.15, -0.1) is 0 Å². The highest BCUT2D eigenvalue weighted by Crippen LogP contribution is 2.18. The molecule has 1 aromatic heterocycles. The topological polar surface area (TPSA) is 97.8 Å². The number of aromatic nitrogens is 1.